The fourth-order valence-electron chi connectivity index (χ4n) is 2.44. The molecule has 0 radical (unpaired) electrons. The zero-order valence-electron chi connectivity index (χ0n) is 12.0. The van der Waals surface area contributed by atoms with E-state index in [9.17, 15) is 18.0 Å². The molecule has 7 heteroatoms. The second kappa shape index (κ2) is 5.91. The largest absolute Gasteiger partial charge is 0.474 e. The molecule has 1 aromatic heterocycles. The third-order valence-corrected chi connectivity index (χ3v) is 3.51. The summed E-state index contributed by atoms with van der Waals surface area (Å²) in [6.45, 7) is 0.648. The van der Waals surface area contributed by atoms with Crippen molar-refractivity contribution in [2.45, 2.75) is 12.6 Å². The van der Waals surface area contributed by atoms with Gasteiger partial charge in [-0.2, -0.15) is 13.2 Å². The van der Waals surface area contributed by atoms with Gasteiger partial charge in [0, 0.05) is 6.20 Å². The Morgan fingerprint density at radius 1 is 1.26 bits per heavy atom. The number of hydrogen-bond acceptors (Lipinski definition) is 3. The van der Waals surface area contributed by atoms with Crippen LogP contribution in [0.4, 0.5) is 18.9 Å². The minimum atomic E-state index is -4.42. The summed E-state index contributed by atoms with van der Waals surface area (Å²) in [6.07, 6.45) is -2.98. The molecular weight excluding hydrogens is 309 g/mol. The van der Waals surface area contributed by atoms with Crippen molar-refractivity contribution in [1.29, 1.82) is 0 Å². The number of fused-ring (bicyclic) bond motifs is 1. The molecule has 1 aliphatic heterocycles. The molecule has 3 rings (SSSR count). The van der Waals surface area contributed by atoms with Crippen molar-refractivity contribution < 1.29 is 22.7 Å². The molecule has 0 fully saturated rings. The number of carbonyl (C=O) groups is 1. The molecule has 120 valence electrons. The number of ether oxygens (including phenoxy) is 1. The number of nitrogens with zero attached hydrogens (tertiary/aromatic N) is 2. The van der Waals surface area contributed by atoms with Gasteiger partial charge in [-0.15, -0.1) is 0 Å². The zero-order valence-corrected chi connectivity index (χ0v) is 12.0. The molecule has 0 saturated heterocycles. The van der Waals surface area contributed by atoms with Crippen LogP contribution in [0.5, 0.6) is 5.88 Å². The van der Waals surface area contributed by atoms with E-state index >= 15 is 0 Å². The van der Waals surface area contributed by atoms with Gasteiger partial charge in [0.15, 0.2) is 0 Å². The van der Waals surface area contributed by atoms with Gasteiger partial charge in [0.2, 0.25) is 11.8 Å². The van der Waals surface area contributed by atoms with Crippen LogP contribution in [0.25, 0.3) is 0 Å². The van der Waals surface area contributed by atoms with Gasteiger partial charge in [0.1, 0.15) is 12.3 Å². The number of hydrogen-bond donors (Lipinski definition) is 0. The van der Waals surface area contributed by atoms with E-state index in [1.165, 1.54) is 17.0 Å². The highest BCUT2D eigenvalue weighted by molar-refractivity contribution is 5.96. The van der Waals surface area contributed by atoms with Gasteiger partial charge in [-0.1, -0.05) is 18.2 Å². The van der Waals surface area contributed by atoms with Crippen molar-refractivity contribution in [2.24, 2.45) is 0 Å². The molecule has 1 aromatic carbocycles. The highest BCUT2D eigenvalue weighted by Crippen LogP contribution is 2.31. The molecule has 1 aliphatic rings. The van der Waals surface area contributed by atoms with Crippen LogP contribution in [0.15, 0.2) is 42.6 Å². The standard InChI is InChI=1S/C16H13F3N2O2/c17-16(18,19)12-4-1-3-11(9-12)10-14(22)21-7-8-23-15-13(21)5-2-6-20-15/h1-6,9H,7-8,10H2. The Morgan fingerprint density at radius 3 is 2.87 bits per heavy atom. The van der Waals surface area contributed by atoms with E-state index in [4.69, 9.17) is 4.74 Å². The third-order valence-electron chi connectivity index (χ3n) is 3.51. The Morgan fingerprint density at radius 2 is 2.09 bits per heavy atom. The highest BCUT2D eigenvalue weighted by Gasteiger charge is 2.31. The first-order valence-electron chi connectivity index (χ1n) is 6.99. The summed E-state index contributed by atoms with van der Waals surface area (Å²) >= 11 is 0. The van der Waals surface area contributed by atoms with E-state index < -0.39 is 11.7 Å². The monoisotopic (exact) mass is 322 g/mol. The molecule has 0 N–H and O–H groups in total. The number of amides is 1. The van der Waals surface area contributed by atoms with Crippen molar-refractivity contribution in [3.63, 3.8) is 0 Å². The number of alkyl halides is 3. The average Bonchev–Trinajstić information content (AvgIpc) is 2.53. The second-order valence-corrected chi connectivity index (χ2v) is 5.10. The molecule has 0 saturated carbocycles. The van der Waals surface area contributed by atoms with Crippen LogP contribution in [-0.2, 0) is 17.4 Å². The van der Waals surface area contributed by atoms with Crippen molar-refractivity contribution >= 4 is 11.6 Å². The first-order chi connectivity index (χ1) is 10.9. The summed E-state index contributed by atoms with van der Waals surface area (Å²) in [5, 5.41) is 0. The number of aromatic nitrogens is 1. The molecule has 0 spiro atoms. The minimum Gasteiger partial charge on any atom is -0.474 e. The molecule has 2 heterocycles. The summed E-state index contributed by atoms with van der Waals surface area (Å²) in [5.74, 6) is 0.0676. The topological polar surface area (TPSA) is 42.4 Å². The smallest absolute Gasteiger partial charge is 0.416 e. The molecule has 23 heavy (non-hydrogen) atoms. The Labute approximate surface area is 130 Å². The predicted octanol–water partition coefficient (Wildman–Crippen LogP) is 3.07. The third kappa shape index (κ3) is 3.28. The quantitative estimate of drug-likeness (QED) is 0.853. The fourth-order valence-corrected chi connectivity index (χ4v) is 2.44. The Hall–Kier alpha value is -2.57. The van der Waals surface area contributed by atoms with Crippen LogP contribution < -0.4 is 9.64 Å². The van der Waals surface area contributed by atoms with Gasteiger partial charge in [0.25, 0.3) is 0 Å². The SMILES string of the molecule is O=C(Cc1cccc(C(F)(F)F)c1)N1CCOc2ncccc21. The van der Waals surface area contributed by atoms with E-state index in [2.05, 4.69) is 4.98 Å². The Bertz CT molecular complexity index is 731. The van der Waals surface area contributed by atoms with Crippen molar-refractivity contribution in [3.8, 4) is 5.88 Å². The van der Waals surface area contributed by atoms with Crippen molar-refractivity contribution in [2.75, 3.05) is 18.1 Å². The van der Waals surface area contributed by atoms with Gasteiger partial charge in [-0.25, -0.2) is 4.98 Å². The van der Waals surface area contributed by atoms with Crippen LogP contribution in [0.1, 0.15) is 11.1 Å². The van der Waals surface area contributed by atoms with E-state index in [1.54, 1.807) is 18.3 Å². The van der Waals surface area contributed by atoms with Crippen LogP contribution in [-0.4, -0.2) is 24.0 Å². The number of pyridine rings is 1. The van der Waals surface area contributed by atoms with E-state index in [0.717, 1.165) is 12.1 Å². The predicted molar refractivity (Wildman–Crippen MR) is 77.2 cm³/mol. The van der Waals surface area contributed by atoms with Crippen LogP contribution in [0, 0.1) is 0 Å². The van der Waals surface area contributed by atoms with Crippen molar-refractivity contribution in [3.05, 3.63) is 53.7 Å². The number of benzene rings is 1. The Balaban J connectivity index is 1.81. The second-order valence-electron chi connectivity index (χ2n) is 5.10. The maximum Gasteiger partial charge on any atom is 0.416 e. The maximum absolute atomic E-state index is 12.7. The lowest BCUT2D eigenvalue weighted by atomic mass is 10.1. The lowest BCUT2D eigenvalue weighted by Gasteiger charge is -2.28. The molecular formula is C16H13F3N2O2. The number of rotatable bonds is 2. The van der Waals surface area contributed by atoms with Gasteiger partial charge in [-0.3, -0.25) is 4.79 Å². The number of anilines is 1. The zero-order chi connectivity index (χ0) is 16.4. The van der Waals surface area contributed by atoms with Gasteiger partial charge in [-0.05, 0) is 23.8 Å². The van der Waals surface area contributed by atoms with Crippen LogP contribution >= 0.6 is 0 Å². The van der Waals surface area contributed by atoms with E-state index in [-0.39, 0.29) is 12.3 Å². The maximum atomic E-state index is 12.7. The molecule has 2 aromatic rings. The molecule has 4 nitrogen and oxygen atoms in total. The van der Waals surface area contributed by atoms with Crippen LogP contribution in [0.2, 0.25) is 0 Å². The molecule has 0 bridgehead atoms. The normalized spacial score (nSPS) is 14.1. The lowest BCUT2D eigenvalue weighted by Crippen LogP contribution is -2.39. The summed E-state index contributed by atoms with van der Waals surface area (Å²) in [4.78, 5) is 18.0. The summed E-state index contributed by atoms with van der Waals surface area (Å²) < 4.78 is 43.6. The van der Waals surface area contributed by atoms with Gasteiger partial charge >= 0.3 is 6.18 Å². The first-order valence-corrected chi connectivity index (χ1v) is 6.99. The Kier molecular flexibility index (Phi) is 3.94. The summed E-state index contributed by atoms with van der Waals surface area (Å²) in [6, 6.07) is 8.19. The molecule has 1 amide bonds. The molecule has 0 aliphatic carbocycles. The van der Waals surface area contributed by atoms with E-state index in [1.807, 2.05) is 0 Å². The number of halogens is 3. The number of carbonyl (C=O) groups excluding carboxylic acids is 1. The van der Waals surface area contributed by atoms with Crippen LogP contribution in [0.3, 0.4) is 0 Å². The fraction of sp³-hybridized carbons (Fsp3) is 0.250. The van der Waals surface area contributed by atoms with E-state index in [0.29, 0.717) is 30.3 Å². The summed E-state index contributed by atoms with van der Waals surface area (Å²) in [7, 11) is 0. The average molecular weight is 322 g/mol. The minimum absolute atomic E-state index is 0.113. The lowest BCUT2D eigenvalue weighted by molar-refractivity contribution is -0.137. The van der Waals surface area contributed by atoms with Crippen molar-refractivity contribution in [1.82, 2.24) is 4.98 Å². The van der Waals surface area contributed by atoms with Gasteiger partial charge < -0.3 is 9.64 Å². The summed E-state index contributed by atoms with van der Waals surface area (Å²) in [5.41, 5.74) is 0.101. The molecule has 0 unspecified atom stereocenters. The highest BCUT2D eigenvalue weighted by atomic mass is 19.4. The first kappa shape index (κ1) is 15.3. The molecule has 0 atom stereocenters. The van der Waals surface area contributed by atoms with Gasteiger partial charge in [0.05, 0.1) is 18.5 Å².